The van der Waals surface area contributed by atoms with Crippen molar-refractivity contribution >= 4 is 11.9 Å². The summed E-state index contributed by atoms with van der Waals surface area (Å²) >= 11 is 0. The third kappa shape index (κ3) is 5.15. The first-order chi connectivity index (χ1) is 10.6. The molecule has 0 amide bonds. The number of hydrogen-bond donors (Lipinski definition) is 2. The number of aliphatic carboxylic acids is 1. The molecule has 1 saturated carbocycles. The summed E-state index contributed by atoms with van der Waals surface area (Å²) in [5.74, 6) is -0.891. The number of ether oxygens (including phenoxy) is 1. The van der Waals surface area contributed by atoms with Crippen LogP contribution in [0.4, 0.5) is 0 Å². The van der Waals surface area contributed by atoms with Crippen LogP contribution >= 0.6 is 0 Å². The number of benzene rings is 1. The lowest BCUT2D eigenvalue weighted by Gasteiger charge is -2.15. The molecule has 5 nitrogen and oxygen atoms in total. The van der Waals surface area contributed by atoms with Crippen LogP contribution in [-0.2, 0) is 20.9 Å². The molecule has 0 aliphatic heterocycles. The highest BCUT2D eigenvalue weighted by Crippen LogP contribution is 2.46. The summed E-state index contributed by atoms with van der Waals surface area (Å²) in [6.07, 6.45) is 3.40. The van der Waals surface area contributed by atoms with Gasteiger partial charge in [-0.05, 0) is 37.8 Å². The van der Waals surface area contributed by atoms with Crippen LogP contribution in [0.5, 0.6) is 0 Å². The van der Waals surface area contributed by atoms with E-state index in [4.69, 9.17) is 9.84 Å². The van der Waals surface area contributed by atoms with E-state index in [1.54, 1.807) is 0 Å². The van der Waals surface area contributed by atoms with E-state index in [1.165, 1.54) is 0 Å². The number of carbonyl (C=O) groups is 2. The first-order valence-electron chi connectivity index (χ1n) is 7.76. The molecule has 1 aliphatic rings. The Morgan fingerprint density at radius 1 is 1.18 bits per heavy atom. The number of esters is 1. The van der Waals surface area contributed by atoms with Gasteiger partial charge < -0.3 is 15.2 Å². The van der Waals surface area contributed by atoms with Crippen LogP contribution in [0, 0.1) is 5.41 Å². The first kappa shape index (κ1) is 16.5. The zero-order valence-corrected chi connectivity index (χ0v) is 12.7. The van der Waals surface area contributed by atoms with Crippen molar-refractivity contribution in [1.29, 1.82) is 0 Å². The van der Waals surface area contributed by atoms with Gasteiger partial charge in [-0.2, -0.15) is 0 Å². The minimum absolute atomic E-state index is 0.130. The average Bonchev–Trinajstić information content (AvgIpc) is 3.30. The van der Waals surface area contributed by atoms with Crippen LogP contribution in [0.25, 0.3) is 0 Å². The second-order valence-corrected chi connectivity index (χ2v) is 5.87. The summed E-state index contributed by atoms with van der Waals surface area (Å²) in [6.45, 7) is 1.68. The lowest BCUT2D eigenvalue weighted by Crippen LogP contribution is -2.32. The van der Waals surface area contributed by atoms with Crippen LogP contribution in [-0.4, -0.2) is 30.1 Å². The molecule has 2 rings (SSSR count). The van der Waals surface area contributed by atoms with Crippen molar-refractivity contribution in [3.05, 3.63) is 35.9 Å². The monoisotopic (exact) mass is 305 g/mol. The molecule has 2 N–H and O–H groups in total. The molecular formula is C17H23NO4. The summed E-state index contributed by atoms with van der Waals surface area (Å²) < 4.78 is 5.41. The van der Waals surface area contributed by atoms with Crippen LogP contribution in [0.3, 0.4) is 0 Å². The second-order valence-electron chi connectivity index (χ2n) is 5.87. The van der Waals surface area contributed by atoms with Crippen LogP contribution in [0.2, 0.25) is 0 Å². The van der Waals surface area contributed by atoms with Gasteiger partial charge in [-0.1, -0.05) is 30.3 Å². The number of rotatable bonds is 10. The van der Waals surface area contributed by atoms with Gasteiger partial charge >= 0.3 is 11.9 Å². The highest BCUT2D eigenvalue weighted by molar-refractivity contribution is 5.80. The van der Waals surface area contributed by atoms with E-state index in [9.17, 15) is 9.59 Å². The number of nitrogens with one attached hydrogen (secondary N) is 1. The van der Waals surface area contributed by atoms with Crippen molar-refractivity contribution in [3.8, 4) is 0 Å². The van der Waals surface area contributed by atoms with Gasteiger partial charge in [0.15, 0.2) is 0 Å². The van der Waals surface area contributed by atoms with Crippen molar-refractivity contribution in [1.82, 2.24) is 5.32 Å². The number of hydrogen-bond acceptors (Lipinski definition) is 4. The summed E-state index contributed by atoms with van der Waals surface area (Å²) in [4.78, 5) is 22.6. The smallest absolute Gasteiger partial charge is 0.313 e. The Morgan fingerprint density at radius 2 is 1.91 bits per heavy atom. The third-order valence-corrected chi connectivity index (χ3v) is 3.96. The van der Waals surface area contributed by atoms with Gasteiger partial charge in [0, 0.05) is 13.0 Å². The standard InChI is InChI=1S/C17H23NO4/c19-15(20)8-4-5-11-18-13-17(9-10-17)16(21)22-12-14-6-2-1-3-7-14/h1-3,6-7,18H,4-5,8-13H2,(H,19,20). The normalized spacial score (nSPS) is 15.3. The molecule has 0 atom stereocenters. The Balaban J connectivity index is 1.63. The molecule has 1 aliphatic carbocycles. The molecule has 0 unspecified atom stereocenters. The van der Waals surface area contributed by atoms with Crippen molar-refractivity contribution < 1.29 is 19.4 Å². The fraction of sp³-hybridized carbons (Fsp3) is 0.529. The molecule has 0 saturated heterocycles. The minimum atomic E-state index is -0.761. The molecule has 1 fully saturated rings. The van der Waals surface area contributed by atoms with Crippen molar-refractivity contribution in [2.75, 3.05) is 13.1 Å². The maximum absolute atomic E-state index is 12.2. The summed E-state index contributed by atoms with van der Waals surface area (Å²) in [5, 5.41) is 11.8. The maximum Gasteiger partial charge on any atom is 0.313 e. The van der Waals surface area contributed by atoms with Gasteiger partial charge in [-0.25, -0.2) is 0 Å². The summed E-state index contributed by atoms with van der Waals surface area (Å²) in [5.41, 5.74) is 0.634. The lowest BCUT2D eigenvalue weighted by molar-refractivity contribution is -0.151. The SMILES string of the molecule is O=C(O)CCCCNCC1(C(=O)OCc2ccccc2)CC1. The fourth-order valence-electron chi connectivity index (χ4n) is 2.33. The fourth-order valence-corrected chi connectivity index (χ4v) is 2.33. The van der Waals surface area contributed by atoms with Gasteiger partial charge in [0.05, 0.1) is 5.41 Å². The zero-order chi connectivity index (χ0) is 15.8. The summed E-state index contributed by atoms with van der Waals surface area (Å²) in [7, 11) is 0. The predicted octanol–water partition coefficient (Wildman–Crippen LogP) is 2.35. The number of carboxylic acids is 1. The Hall–Kier alpha value is -1.88. The first-order valence-corrected chi connectivity index (χ1v) is 7.76. The molecule has 0 radical (unpaired) electrons. The van der Waals surface area contributed by atoms with E-state index >= 15 is 0 Å². The van der Waals surface area contributed by atoms with Gasteiger partial charge in [0.2, 0.25) is 0 Å². The van der Waals surface area contributed by atoms with Gasteiger partial charge in [-0.3, -0.25) is 9.59 Å². The number of unbranched alkanes of at least 4 members (excludes halogenated alkanes) is 1. The molecular weight excluding hydrogens is 282 g/mol. The Morgan fingerprint density at radius 3 is 2.55 bits per heavy atom. The molecule has 1 aromatic carbocycles. The van der Waals surface area contributed by atoms with Crippen molar-refractivity contribution in [3.63, 3.8) is 0 Å². The quantitative estimate of drug-likeness (QED) is 0.512. The molecule has 0 aromatic heterocycles. The third-order valence-electron chi connectivity index (χ3n) is 3.96. The van der Waals surface area contributed by atoms with Crippen molar-refractivity contribution in [2.24, 2.45) is 5.41 Å². The Bertz CT molecular complexity index is 497. The predicted molar refractivity (Wildman–Crippen MR) is 82.3 cm³/mol. The van der Waals surface area contributed by atoms with Gasteiger partial charge in [0.25, 0.3) is 0 Å². The molecule has 1 aromatic rings. The molecule has 22 heavy (non-hydrogen) atoms. The molecule has 120 valence electrons. The Kier molecular flexibility index (Phi) is 5.95. The maximum atomic E-state index is 12.2. The topological polar surface area (TPSA) is 75.6 Å². The lowest BCUT2D eigenvalue weighted by atomic mass is 10.1. The van der Waals surface area contributed by atoms with E-state index in [2.05, 4.69) is 5.32 Å². The van der Waals surface area contributed by atoms with Gasteiger partial charge in [-0.15, -0.1) is 0 Å². The van der Waals surface area contributed by atoms with Crippen LogP contribution in [0.15, 0.2) is 30.3 Å². The number of carboxylic acid groups (broad SMARTS) is 1. The average molecular weight is 305 g/mol. The van der Waals surface area contributed by atoms with E-state index in [-0.39, 0.29) is 17.8 Å². The molecule has 0 heterocycles. The van der Waals surface area contributed by atoms with E-state index < -0.39 is 5.97 Å². The van der Waals surface area contributed by atoms with Crippen LogP contribution in [0.1, 0.15) is 37.7 Å². The van der Waals surface area contributed by atoms with Gasteiger partial charge in [0.1, 0.15) is 6.61 Å². The van der Waals surface area contributed by atoms with E-state index in [1.807, 2.05) is 30.3 Å². The highest BCUT2D eigenvalue weighted by atomic mass is 16.5. The van der Waals surface area contributed by atoms with E-state index in [0.29, 0.717) is 19.6 Å². The molecule has 5 heteroatoms. The largest absolute Gasteiger partial charge is 0.481 e. The minimum Gasteiger partial charge on any atom is -0.481 e. The van der Waals surface area contributed by atoms with Crippen LogP contribution < -0.4 is 5.32 Å². The number of carbonyl (C=O) groups excluding carboxylic acids is 1. The molecule has 0 spiro atoms. The highest BCUT2D eigenvalue weighted by Gasteiger charge is 2.50. The van der Waals surface area contributed by atoms with Crippen molar-refractivity contribution in [2.45, 2.75) is 38.7 Å². The zero-order valence-electron chi connectivity index (χ0n) is 12.7. The second kappa shape index (κ2) is 7.94. The summed E-state index contributed by atoms with van der Waals surface area (Å²) in [6, 6.07) is 9.66. The van der Waals surface area contributed by atoms with E-state index in [0.717, 1.165) is 31.4 Å². The Labute approximate surface area is 130 Å². The molecule has 0 bridgehead atoms.